The summed E-state index contributed by atoms with van der Waals surface area (Å²) in [5, 5.41) is 13.9. The number of benzene rings is 1. The van der Waals surface area contributed by atoms with E-state index in [-0.39, 0.29) is 22.7 Å². The molecule has 1 unspecified atom stereocenters. The highest BCUT2D eigenvalue weighted by atomic mass is 35.5. The summed E-state index contributed by atoms with van der Waals surface area (Å²) >= 11 is 5.75. The molecule has 1 N–H and O–H groups in total. The summed E-state index contributed by atoms with van der Waals surface area (Å²) < 4.78 is 0. The minimum atomic E-state index is -0.575. The smallest absolute Gasteiger partial charge is 0.348 e. The van der Waals surface area contributed by atoms with Crippen molar-refractivity contribution in [1.82, 2.24) is 9.97 Å². The average molecular weight is 307 g/mol. The van der Waals surface area contributed by atoms with Gasteiger partial charge in [-0.1, -0.05) is 41.9 Å². The van der Waals surface area contributed by atoms with Gasteiger partial charge in [-0.05, 0) is 25.3 Å². The first-order chi connectivity index (χ1) is 10.1. The standard InChI is InChI=1S/C14H15ClN4O2/c1-10(7-8-11-5-3-2-4-6-11)18-14-12(19(20)21)13(15)16-9-17-14/h2-6,9-10H,7-8H2,1H3,(H,16,17,18). The lowest BCUT2D eigenvalue weighted by Crippen LogP contribution is -2.18. The topological polar surface area (TPSA) is 81.0 Å². The Morgan fingerprint density at radius 2 is 2.05 bits per heavy atom. The predicted molar refractivity (Wildman–Crippen MR) is 81.5 cm³/mol. The van der Waals surface area contributed by atoms with Crippen LogP contribution in [0.5, 0.6) is 0 Å². The molecule has 2 rings (SSSR count). The number of anilines is 1. The van der Waals surface area contributed by atoms with E-state index in [4.69, 9.17) is 11.6 Å². The highest BCUT2D eigenvalue weighted by molar-refractivity contribution is 6.31. The molecule has 0 radical (unpaired) electrons. The van der Waals surface area contributed by atoms with E-state index in [1.807, 2.05) is 25.1 Å². The first-order valence-corrected chi connectivity index (χ1v) is 6.91. The van der Waals surface area contributed by atoms with Crippen LogP contribution < -0.4 is 5.32 Å². The van der Waals surface area contributed by atoms with Crippen molar-refractivity contribution in [1.29, 1.82) is 0 Å². The third-order valence-electron chi connectivity index (χ3n) is 3.05. The van der Waals surface area contributed by atoms with Crippen LogP contribution in [-0.2, 0) is 6.42 Å². The van der Waals surface area contributed by atoms with E-state index in [2.05, 4.69) is 27.4 Å². The number of hydrogen-bond acceptors (Lipinski definition) is 5. The van der Waals surface area contributed by atoms with E-state index in [9.17, 15) is 10.1 Å². The summed E-state index contributed by atoms with van der Waals surface area (Å²) in [6.07, 6.45) is 2.91. The molecule has 0 aliphatic carbocycles. The Labute approximate surface area is 127 Å². The van der Waals surface area contributed by atoms with E-state index in [1.165, 1.54) is 11.9 Å². The van der Waals surface area contributed by atoms with E-state index in [1.54, 1.807) is 0 Å². The Morgan fingerprint density at radius 1 is 1.33 bits per heavy atom. The fourth-order valence-corrected chi connectivity index (χ4v) is 2.16. The van der Waals surface area contributed by atoms with E-state index >= 15 is 0 Å². The summed E-state index contributed by atoms with van der Waals surface area (Å²) in [4.78, 5) is 18.0. The quantitative estimate of drug-likeness (QED) is 0.502. The fraction of sp³-hybridized carbons (Fsp3) is 0.286. The maximum atomic E-state index is 11.0. The maximum Gasteiger partial charge on any atom is 0.348 e. The fourth-order valence-electron chi connectivity index (χ4n) is 1.96. The number of rotatable bonds is 6. The Morgan fingerprint density at radius 3 is 2.71 bits per heavy atom. The molecule has 7 heteroatoms. The molecular formula is C14H15ClN4O2. The zero-order valence-electron chi connectivity index (χ0n) is 11.5. The van der Waals surface area contributed by atoms with Crippen LogP contribution in [0.4, 0.5) is 11.5 Å². The van der Waals surface area contributed by atoms with Crippen molar-refractivity contribution in [3.05, 3.63) is 57.5 Å². The van der Waals surface area contributed by atoms with Crippen molar-refractivity contribution in [2.75, 3.05) is 5.32 Å². The van der Waals surface area contributed by atoms with Crippen molar-refractivity contribution >= 4 is 23.1 Å². The van der Waals surface area contributed by atoms with Gasteiger partial charge in [0.25, 0.3) is 0 Å². The molecule has 2 aromatic rings. The van der Waals surface area contributed by atoms with Crippen LogP contribution in [0.25, 0.3) is 0 Å². The van der Waals surface area contributed by atoms with Gasteiger partial charge in [0.15, 0.2) is 0 Å². The lowest BCUT2D eigenvalue weighted by molar-refractivity contribution is -0.384. The van der Waals surface area contributed by atoms with Gasteiger partial charge in [0, 0.05) is 6.04 Å². The predicted octanol–water partition coefficient (Wildman–Crippen LogP) is 3.47. The number of nitro groups is 1. The second kappa shape index (κ2) is 6.99. The van der Waals surface area contributed by atoms with Gasteiger partial charge in [-0.3, -0.25) is 10.1 Å². The molecule has 0 aliphatic heterocycles. The summed E-state index contributed by atoms with van der Waals surface area (Å²) in [6.45, 7) is 1.95. The van der Waals surface area contributed by atoms with Crippen LogP contribution in [0.3, 0.4) is 0 Å². The molecule has 0 spiro atoms. The Kier molecular flexibility index (Phi) is 5.05. The molecule has 110 valence electrons. The highest BCUT2D eigenvalue weighted by Gasteiger charge is 2.22. The Hall–Kier alpha value is -2.21. The SMILES string of the molecule is CC(CCc1ccccc1)Nc1ncnc(Cl)c1[N+](=O)[O-]. The first kappa shape index (κ1) is 15.2. The Balaban J connectivity index is 2.01. The normalized spacial score (nSPS) is 11.9. The molecule has 6 nitrogen and oxygen atoms in total. The first-order valence-electron chi connectivity index (χ1n) is 6.53. The minimum Gasteiger partial charge on any atom is -0.362 e. The van der Waals surface area contributed by atoms with Gasteiger partial charge in [0.1, 0.15) is 6.33 Å². The number of hydrogen-bond donors (Lipinski definition) is 1. The van der Waals surface area contributed by atoms with Crippen LogP contribution >= 0.6 is 11.6 Å². The summed E-state index contributed by atoms with van der Waals surface area (Å²) in [7, 11) is 0. The lowest BCUT2D eigenvalue weighted by atomic mass is 10.1. The number of nitrogens with zero attached hydrogens (tertiary/aromatic N) is 3. The molecule has 0 saturated carbocycles. The summed E-state index contributed by atoms with van der Waals surface area (Å²) in [5.41, 5.74) is 0.937. The van der Waals surface area contributed by atoms with Crippen molar-refractivity contribution in [3.8, 4) is 0 Å². The second-order valence-corrected chi connectivity index (χ2v) is 5.05. The molecule has 0 aliphatic rings. The largest absolute Gasteiger partial charge is 0.362 e. The maximum absolute atomic E-state index is 11.0. The van der Waals surface area contributed by atoms with Gasteiger partial charge in [-0.2, -0.15) is 0 Å². The average Bonchev–Trinajstić information content (AvgIpc) is 2.46. The lowest BCUT2D eigenvalue weighted by Gasteiger charge is -2.14. The van der Waals surface area contributed by atoms with Crippen LogP contribution in [0.2, 0.25) is 5.15 Å². The van der Waals surface area contributed by atoms with Gasteiger partial charge in [-0.25, -0.2) is 9.97 Å². The number of nitrogens with one attached hydrogen (secondary N) is 1. The van der Waals surface area contributed by atoms with Gasteiger partial charge < -0.3 is 5.32 Å². The molecule has 0 bridgehead atoms. The third-order valence-corrected chi connectivity index (χ3v) is 3.33. The second-order valence-electron chi connectivity index (χ2n) is 4.69. The van der Waals surface area contributed by atoms with E-state index in [0.717, 1.165) is 12.8 Å². The van der Waals surface area contributed by atoms with Gasteiger partial charge >= 0.3 is 5.69 Å². The van der Waals surface area contributed by atoms with Crippen molar-refractivity contribution in [2.24, 2.45) is 0 Å². The monoisotopic (exact) mass is 306 g/mol. The number of halogens is 1. The van der Waals surface area contributed by atoms with Crippen LogP contribution in [0, 0.1) is 10.1 Å². The van der Waals surface area contributed by atoms with E-state index < -0.39 is 4.92 Å². The van der Waals surface area contributed by atoms with Crippen molar-refractivity contribution < 1.29 is 4.92 Å². The van der Waals surface area contributed by atoms with Crippen LogP contribution in [-0.4, -0.2) is 20.9 Å². The van der Waals surface area contributed by atoms with Crippen LogP contribution in [0.1, 0.15) is 18.9 Å². The molecule has 1 aromatic carbocycles. The molecule has 0 fully saturated rings. The van der Waals surface area contributed by atoms with Crippen molar-refractivity contribution in [2.45, 2.75) is 25.8 Å². The third kappa shape index (κ3) is 4.13. The molecule has 21 heavy (non-hydrogen) atoms. The molecule has 1 atom stereocenters. The van der Waals surface area contributed by atoms with Gasteiger partial charge in [-0.15, -0.1) is 0 Å². The summed E-state index contributed by atoms with van der Waals surface area (Å²) in [6, 6.07) is 10.1. The minimum absolute atomic E-state index is 0.0230. The molecular weight excluding hydrogens is 292 g/mol. The number of aryl methyl sites for hydroxylation is 1. The number of aromatic nitrogens is 2. The highest BCUT2D eigenvalue weighted by Crippen LogP contribution is 2.28. The molecule has 0 amide bonds. The van der Waals surface area contributed by atoms with Gasteiger partial charge in [0.2, 0.25) is 11.0 Å². The van der Waals surface area contributed by atoms with Crippen molar-refractivity contribution in [3.63, 3.8) is 0 Å². The Bertz CT molecular complexity index is 622. The molecule has 1 heterocycles. The van der Waals surface area contributed by atoms with E-state index in [0.29, 0.717) is 0 Å². The summed E-state index contributed by atoms with van der Waals surface area (Å²) in [5.74, 6) is 0.153. The molecule has 0 saturated heterocycles. The zero-order chi connectivity index (χ0) is 15.2. The van der Waals surface area contributed by atoms with Gasteiger partial charge in [0.05, 0.1) is 4.92 Å². The van der Waals surface area contributed by atoms with Crippen LogP contribution in [0.15, 0.2) is 36.7 Å². The molecule has 1 aromatic heterocycles. The zero-order valence-corrected chi connectivity index (χ0v) is 12.2.